The Bertz CT molecular complexity index is 629. The second-order valence-electron chi connectivity index (χ2n) is 5.49. The lowest BCUT2D eigenvalue weighted by Crippen LogP contribution is -2.37. The number of halogens is 3. The van der Waals surface area contributed by atoms with Crippen LogP contribution in [0.3, 0.4) is 0 Å². The molecule has 9 heteroatoms. The number of nitrogens with zero attached hydrogens (tertiary/aromatic N) is 1. The third kappa shape index (κ3) is 4.01. The van der Waals surface area contributed by atoms with E-state index in [1.165, 1.54) is 23.1 Å². The molecule has 0 radical (unpaired) electrons. The Morgan fingerprint density at radius 1 is 1.48 bits per heavy atom. The normalized spacial score (nSPS) is 20.7. The van der Waals surface area contributed by atoms with E-state index in [1.807, 2.05) is 0 Å². The predicted octanol–water partition coefficient (Wildman–Crippen LogP) is 3.27. The Morgan fingerprint density at radius 3 is 2.74 bits per heavy atom. The highest BCUT2D eigenvalue weighted by Crippen LogP contribution is 2.32. The van der Waals surface area contributed by atoms with E-state index in [1.54, 1.807) is 6.92 Å². The number of amides is 2. The summed E-state index contributed by atoms with van der Waals surface area (Å²) >= 11 is 5.73. The quantitative estimate of drug-likeness (QED) is 0.875. The van der Waals surface area contributed by atoms with Crippen LogP contribution in [0.25, 0.3) is 0 Å². The molecule has 0 bridgehead atoms. The first-order valence-corrected chi connectivity index (χ1v) is 7.13. The van der Waals surface area contributed by atoms with Crippen LogP contribution < -0.4 is 10.1 Å². The van der Waals surface area contributed by atoms with Gasteiger partial charge in [-0.05, 0) is 25.5 Å². The zero-order chi connectivity index (χ0) is 17.2. The van der Waals surface area contributed by atoms with Crippen molar-refractivity contribution in [2.24, 2.45) is 5.41 Å². The summed E-state index contributed by atoms with van der Waals surface area (Å²) in [6.45, 7) is -1.10. The Labute approximate surface area is 136 Å². The molecule has 0 spiro atoms. The SMILES string of the molecule is CC1(C(=O)O)CCN(C(=O)Nc2ccc(Cl)c(OC(F)F)c2)C1. The number of anilines is 1. The number of carbonyl (C=O) groups excluding carboxylic acids is 1. The molecule has 23 heavy (non-hydrogen) atoms. The van der Waals surface area contributed by atoms with Gasteiger partial charge in [-0.15, -0.1) is 0 Å². The van der Waals surface area contributed by atoms with Crippen molar-refractivity contribution in [1.29, 1.82) is 0 Å². The number of alkyl halides is 2. The number of hydrogen-bond acceptors (Lipinski definition) is 3. The zero-order valence-corrected chi connectivity index (χ0v) is 12.9. The monoisotopic (exact) mass is 348 g/mol. The minimum atomic E-state index is -3.03. The third-order valence-corrected chi connectivity index (χ3v) is 3.99. The van der Waals surface area contributed by atoms with Gasteiger partial charge < -0.3 is 20.1 Å². The number of ether oxygens (including phenoxy) is 1. The first-order valence-electron chi connectivity index (χ1n) is 6.75. The molecule has 0 saturated carbocycles. The number of likely N-dealkylation sites (tertiary alicyclic amines) is 1. The lowest BCUT2D eigenvalue weighted by atomic mass is 9.90. The molecule has 0 aliphatic carbocycles. The average molecular weight is 349 g/mol. The molecule has 1 saturated heterocycles. The fraction of sp³-hybridized carbons (Fsp3) is 0.429. The summed E-state index contributed by atoms with van der Waals surface area (Å²) in [5.41, 5.74) is -0.764. The van der Waals surface area contributed by atoms with Crippen LogP contribution in [0, 0.1) is 5.41 Å². The minimum absolute atomic E-state index is 0.0112. The van der Waals surface area contributed by atoms with Gasteiger partial charge in [-0.2, -0.15) is 8.78 Å². The number of hydrogen-bond donors (Lipinski definition) is 2. The molecule has 6 nitrogen and oxygen atoms in total. The highest BCUT2D eigenvalue weighted by molar-refractivity contribution is 6.32. The van der Waals surface area contributed by atoms with Gasteiger partial charge in [0.2, 0.25) is 0 Å². The van der Waals surface area contributed by atoms with Gasteiger partial charge in [0.05, 0.1) is 10.4 Å². The Morgan fingerprint density at radius 2 is 2.17 bits per heavy atom. The number of carboxylic acid groups (broad SMARTS) is 1. The van der Waals surface area contributed by atoms with Crippen LogP contribution in [0.5, 0.6) is 5.75 Å². The fourth-order valence-electron chi connectivity index (χ4n) is 2.28. The molecule has 2 N–H and O–H groups in total. The van der Waals surface area contributed by atoms with Crippen LogP contribution in [-0.2, 0) is 4.79 Å². The Balaban J connectivity index is 2.05. The number of aliphatic carboxylic acids is 1. The zero-order valence-electron chi connectivity index (χ0n) is 12.2. The number of carboxylic acids is 1. The number of nitrogens with one attached hydrogen (secondary N) is 1. The maximum Gasteiger partial charge on any atom is 0.387 e. The molecule has 2 amide bonds. The van der Waals surface area contributed by atoms with E-state index < -0.39 is 24.0 Å². The fourth-order valence-corrected chi connectivity index (χ4v) is 2.44. The molecule has 1 heterocycles. The molecule has 1 aliphatic heterocycles. The summed E-state index contributed by atoms with van der Waals surface area (Å²) in [5, 5.41) is 11.7. The lowest BCUT2D eigenvalue weighted by Gasteiger charge is -2.20. The molecule has 1 aromatic carbocycles. The molecule has 1 unspecified atom stereocenters. The van der Waals surface area contributed by atoms with Gasteiger partial charge in [-0.25, -0.2) is 4.79 Å². The molecule has 1 atom stereocenters. The highest BCUT2D eigenvalue weighted by Gasteiger charge is 2.42. The van der Waals surface area contributed by atoms with Gasteiger partial charge in [0, 0.05) is 24.8 Å². The molecular formula is C14H15ClF2N2O4. The molecule has 1 aromatic rings. The maximum absolute atomic E-state index is 12.3. The molecule has 1 fully saturated rings. The highest BCUT2D eigenvalue weighted by atomic mass is 35.5. The van der Waals surface area contributed by atoms with Gasteiger partial charge in [0.15, 0.2) is 0 Å². The van der Waals surface area contributed by atoms with Crippen molar-refractivity contribution in [1.82, 2.24) is 4.90 Å². The predicted molar refractivity (Wildman–Crippen MR) is 79.0 cm³/mol. The number of carbonyl (C=O) groups is 2. The van der Waals surface area contributed by atoms with E-state index in [2.05, 4.69) is 10.1 Å². The number of rotatable bonds is 4. The van der Waals surface area contributed by atoms with Gasteiger partial charge >= 0.3 is 18.6 Å². The molecule has 126 valence electrons. The van der Waals surface area contributed by atoms with Crippen molar-refractivity contribution in [2.75, 3.05) is 18.4 Å². The summed E-state index contributed by atoms with van der Waals surface area (Å²) in [5.74, 6) is -1.22. The molecule has 2 rings (SSSR count). The summed E-state index contributed by atoms with van der Waals surface area (Å²) in [4.78, 5) is 24.7. The van der Waals surface area contributed by atoms with Crippen molar-refractivity contribution in [3.05, 3.63) is 23.2 Å². The van der Waals surface area contributed by atoms with Crippen LogP contribution in [0.1, 0.15) is 13.3 Å². The van der Waals surface area contributed by atoms with Gasteiger partial charge in [0.25, 0.3) is 0 Å². The van der Waals surface area contributed by atoms with E-state index in [9.17, 15) is 18.4 Å². The first-order chi connectivity index (χ1) is 10.7. The standard InChI is InChI=1S/C14H15ClF2N2O4/c1-14(11(20)21)4-5-19(7-14)13(22)18-8-2-3-9(15)10(6-8)23-12(16)17/h2-3,6,12H,4-5,7H2,1H3,(H,18,22)(H,20,21). The summed E-state index contributed by atoms with van der Waals surface area (Å²) in [7, 11) is 0. The van der Waals surface area contributed by atoms with E-state index >= 15 is 0 Å². The van der Waals surface area contributed by atoms with Crippen molar-refractivity contribution in [3.63, 3.8) is 0 Å². The topological polar surface area (TPSA) is 78.9 Å². The summed E-state index contributed by atoms with van der Waals surface area (Å²) < 4.78 is 28.8. The molecular weight excluding hydrogens is 334 g/mol. The van der Waals surface area contributed by atoms with Crippen LogP contribution in [-0.4, -0.2) is 41.7 Å². The number of benzene rings is 1. The van der Waals surface area contributed by atoms with Crippen LogP contribution in [0.15, 0.2) is 18.2 Å². The second-order valence-corrected chi connectivity index (χ2v) is 5.90. The van der Waals surface area contributed by atoms with Gasteiger partial charge in [0.1, 0.15) is 5.75 Å². The van der Waals surface area contributed by atoms with Crippen LogP contribution >= 0.6 is 11.6 Å². The van der Waals surface area contributed by atoms with E-state index in [0.717, 1.165) is 0 Å². The third-order valence-electron chi connectivity index (χ3n) is 3.68. The summed E-state index contributed by atoms with van der Waals surface area (Å²) in [6, 6.07) is 3.42. The van der Waals surface area contributed by atoms with Gasteiger partial charge in [-0.1, -0.05) is 11.6 Å². The first kappa shape index (κ1) is 17.3. The Kier molecular flexibility index (Phi) is 4.93. The van der Waals surface area contributed by atoms with E-state index in [4.69, 9.17) is 16.7 Å². The van der Waals surface area contributed by atoms with Crippen molar-refractivity contribution in [2.45, 2.75) is 20.0 Å². The van der Waals surface area contributed by atoms with Crippen LogP contribution in [0.4, 0.5) is 19.3 Å². The van der Waals surface area contributed by atoms with E-state index in [0.29, 0.717) is 13.0 Å². The lowest BCUT2D eigenvalue weighted by molar-refractivity contribution is -0.146. The van der Waals surface area contributed by atoms with Gasteiger partial charge in [-0.3, -0.25) is 4.79 Å². The maximum atomic E-state index is 12.3. The van der Waals surface area contributed by atoms with Crippen LogP contribution in [0.2, 0.25) is 5.02 Å². The molecule has 1 aliphatic rings. The average Bonchev–Trinajstić information content (AvgIpc) is 2.86. The summed E-state index contributed by atoms with van der Waals surface area (Å²) in [6.07, 6.45) is 0.343. The van der Waals surface area contributed by atoms with Crippen molar-refractivity contribution < 1.29 is 28.2 Å². The van der Waals surface area contributed by atoms with E-state index in [-0.39, 0.29) is 23.0 Å². The van der Waals surface area contributed by atoms with Crippen molar-refractivity contribution in [3.8, 4) is 5.75 Å². The van der Waals surface area contributed by atoms with Crippen molar-refractivity contribution >= 4 is 29.3 Å². The number of urea groups is 1. The second kappa shape index (κ2) is 6.57. The Hall–Kier alpha value is -2.09. The largest absolute Gasteiger partial charge is 0.481 e. The smallest absolute Gasteiger partial charge is 0.387 e. The molecule has 0 aromatic heterocycles. The minimum Gasteiger partial charge on any atom is -0.481 e.